The fourth-order valence-corrected chi connectivity index (χ4v) is 1.28. The predicted octanol–water partition coefficient (Wildman–Crippen LogP) is 2.04. The average Bonchev–Trinajstić information content (AvgIpc) is 2.71. The molecule has 0 unspecified atom stereocenters. The van der Waals surface area contributed by atoms with Crippen LogP contribution in [0.15, 0.2) is 48.6 Å². The molecule has 0 atom stereocenters. The third-order valence-corrected chi connectivity index (χ3v) is 2.06. The van der Waals surface area contributed by atoms with Gasteiger partial charge in [0.05, 0.1) is 5.56 Å². The van der Waals surface area contributed by atoms with Crippen LogP contribution < -0.4 is 0 Å². The van der Waals surface area contributed by atoms with Gasteiger partial charge in [-0.25, -0.2) is 4.79 Å². The molecule has 0 aromatic heterocycles. The Kier molecular flexibility index (Phi) is 2.54. The van der Waals surface area contributed by atoms with Gasteiger partial charge in [-0.2, -0.15) is 0 Å². The molecular weight excluding hydrogens is 192 g/mol. The molecule has 1 N–H and O–H groups in total. The van der Waals surface area contributed by atoms with Crippen molar-refractivity contribution in [2.75, 3.05) is 0 Å². The van der Waals surface area contributed by atoms with Crippen LogP contribution in [0, 0.1) is 0 Å². The first-order valence-electron chi connectivity index (χ1n) is 4.61. The van der Waals surface area contributed by atoms with Crippen molar-refractivity contribution in [2.24, 2.45) is 0 Å². The minimum atomic E-state index is -0.392. The molecule has 1 aliphatic carbocycles. The summed E-state index contributed by atoms with van der Waals surface area (Å²) in [4.78, 5) is 11.5. The van der Waals surface area contributed by atoms with Crippen LogP contribution in [-0.4, -0.2) is 17.2 Å². The summed E-state index contributed by atoms with van der Waals surface area (Å²) >= 11 is 0. The first-order valence-corrected chi connectivity index (χ1v) is 4.61. The number of hydrogen-bond donors (Lipinski definition) is 1. The van der Waals surface area contributed by atoms with E-state index in [0.29, 0.717) is 5.56 Å². The maximum atomic E-state index is 11.5. The second-order valence-corrected chi connectivity index (χ2v) is 3.19. The lowest BCUT2D eigenvalue weighted by molar-refractivity contribution is 0.0466. The Hall–Kier alpha value is -2.03. The summed E-state index contributed by atoms with van der Waals surface area (Å²) < 4.78 is 5.14. The number of phenolic OH excluding ortho intramolecular Hbond substituents is 1. The molecule has 0 saturated carbocycles. The molecular formula is C12H10O3. The number of carbonyl (C=O) groups excluding carboxylic acids is 1. The van der Waals surface area contributed by atoms with E-state index in [2.05, 4.69) is 0 Å². The topological polar surface area (TPSA) is 46.5 Å². The van der Waals surface area contributed by atoms with Gasteiger partial charge in [-0.05, 0) is 36.4 Å². The fourth-order valence-electron chi connectivity index (χ4n) is 1.28. The Morgan fingerprint density at radius 3 is 2.33 bits per heavy atom. The van der Waals surface area contributed by atoms with Gasteiger partial charge in [0.2, 0.25) is 0 Å². The van der Waals surface area contributed by atoms with Crippen molar-refractivity contribution in [3.05, 3.63) is 54.1 Å². The van der Waals surface area contributed by atoms with Crippen molar-refractivity contribution < 1.29 is 14.6 Å². The van der Waals surface area contributed by atoms with E-state index in [9.17, 15) is 4.79 Å². The van der Waals surface area contributed by atoms with E-state index in [-0.39, 0.29) is 11.9 Å². The lowest BCUT2D eigenvalue weighted by Crippen LogP contribution is -2.12. The molecule has 0 spiro atoms. The van der Waals surface area contributed by atoms with Crippen molar-refractivity contribution in [1.29, 1.82) is 0 Å². The largest absolute Gasteiger partial charge is 0.508 e. The van der Waals surface area contributed by atoms with Crippen LogP contribution in [0.4, 0.5) is 0 Å². The molecule has 0 fully saturated rings. The summed E-state index contributed by atoms with van der Waals surface area (Å²) in [6.07, 6.45) is 6.96. The van der Waals surface area contributed by atoms with Crippen LogP contribution in [-0.2, 0) is 4.74 Å². The number of hydrogen-bond acceptors (Lipinski definition) is 3. The van der Waals surface area contributed by atoms with Gasteiger partial charge in [-0.15, -0.1) is 0 Å². The average molecular weight is 202 g/mol. The molecule has 0 bridgehead atoms. The maximum Gasteiger partial charge on any atom is 0.339 e. The third kappa shape index (κ3) is 2.26. The lowest BCUT2D eigenvalue weighted by atomic mass is 10.2. The number of rotatable bonds is 2. The SMILES string of the molecule is O=C(OC1C=CC=C1)c1ccc(O)cc1. The quantitative estimate of drug-likeness (QED) is 0.746. The van der Waals surface area contributed by atoms with Crippen molar-refractivity contribution in [3.63, 3.8) is 0 Å². The van der Waals surface area contributed by atoms with E-state index in [0.717, 1.165) is 0 Å². The summed E-state index contributed by atoms with van der Waals surface area (Å²) in [5, 5.41) is 9.05. The molecule has 1 aromatic rings. The summed E-state index contributed by atoms with van der Waals surface area (Å²) in [5.74, 6) is -0.261. The summed E-state index contributed by atoms with van der Waals surface area (Å²) in [6, 6.07) is 5.97. The molecule has 0 radical (unpaired) electrons. The van der Waals surface area contributed by atoms with Gasteiger partial charge >= 0.3 is 5.97 Å². The van der Waals surface area contributed by atoms with E-state index >= 15 is 0 Å². The standard InChI is InChI=1S/C12H10O3/c13-10-7-5-9(6-8-10)12(14)15-11-3-1-2-4-11/h1-8,11,13H. The molecule has 1 aliphatic rings. The number of ether oxygens (including phenoxy) is 1. The lowest BCUT2D eigenvalue weighted by Gasteiger charge is -2.07. The number of benzene rings is 1. The highest BCUT2D eigenvalue weighted by Gasteiger charge is 2.12. The van der Waals surface area contributed by atoms with Crippen LogP contribution >= 0.6 is 0 Å². The molecule has 0 saturated heterocycles. The van der Waals surface area contributed by atoms with E-state index < -0.39 is 5.97 Å². The van der Waals surface area contributed by atoms with Crippen LogP contribution in [0.3, 0.4) is 0 Å². The molecule has 76 valence electrons. The van der Waals surface area contributed by atoms with Gasteiger partial charge in [0.15, 0.2) is 0 Å². The molecule has 2 rings (SSSR count). The number of aromatic hydroxyl groups is 1. The van der Waals surface area contributed by atoms with Crippen LogP contribution in [0.1, 0.15) is 10.4 Å². The second kappa shape index (κ2) is 4.00. The minimum absolute atomic E-state index is 0.132. The maximum absolute atomic E-state index is 11.5. The van der Waals surface area contributed by atoms with E-state index in [4.69, 9.17) is 9.84 Å². The summed E-state index contributed by atoms with van der Waals surface area (Å²) in [7, 11) is 0. The Labute approximate surface area is 87.3 Å². The molecule has 3 heteroatoms. The number of esters is 1. The second-order valence-electron chi connectivity index (χ2n) is 3.19. The van der Waals surface area contributed by atoms with Crippen LogP contribution in [0.2, 0.25) is 0 Å². The summed E-state index contributed by atoms with van der Waals surface area (Å²) in [5.41, 5.74) is 0.432. The van der Waals surface area contributed by atoms with Gasteiger partial charge < -0.3 is 9.84 Å². The number of allylic oxidation sites excluding steroid dienone is 2. The smallest absolute Gasteiger partial charge is 0.339 e. The zero-order valence-corrected chi connectivity index (χ0v) is 7.96. The van der Waals surface area contributed by atoms with Crippen molar-refractivity contribution in [2.45, 2.75) is 6.10 Å². The zero-order valence-electron chi connectivity index (χ0n) is 7.96. The van der Waals surface area contributed by atoms with E-state index in [1.807, 2.05) is 12.2 Å². The van der Waals surface area contributed by atoms with Crippen molar-refractivity contribution >= 4 is 5.97 Å². The highest BCUT2D eigenvalue weighted by molar-refractivity contribution is 5.89. The highest BCUT2D eigenvalue weighted by Crippen LogP contribution is 2.13. The van der Waals surface area contributed by atoms with Gasteiger partial charge in [-0.3, -0.25) is 0 Å². The number of carbonyl (C=O) groups is 1. The first-order chi connectivity index (χ1) is 7.25. The van der Waals surface area contributed by atoms with E-state index in [1.54, 1.807) is 12.2 Å². The summed E-state index contributed by atoms with van der Waals surface area (Å²) in [6.45, 7) is 0. The number of phenols is 1. The molecule has 3 nitrogen and oxygen atoms in total. The Morgan fingerprint density at radius 2 is 1.73 bits per heavy atom. The molecule has 15 heavy (non-hydrogen) atoms. The molecule has 0 aliphatic heterocycles. The Morgan fingerprint density at radius 1 is 1.13 bits per heavy atom. The fraction of sp³-hybridized carbons (Fsp3) is 0.0833. The van der Waals surface area contributed by atoms with Gasteiger partial charge in [0, 0.05) is 0 Å². The Bertz CT molecular complexity index is 403. The van der Waals surface area contributed by atoms with Crippen LogP contribution in [0.25, 0.3) is 0 Å². The van der Waals surface area contributed by atoms with Crippen molar-refractivity contribution in [3.8, 4) is 5.75 Å². The van der Waals surface area contributed by atoms with Gasteiger partial charge in [-0.1, -0.05) is 12.2 Å². The predicted molar refractivity (Wildman–Crippen MR) is 55.6 cm³/mol. The highest BCUT2D eigenvalue weighted by atomic mass is 16.5. The molecule has 1 aromatic carbocycles. The van der Waals surface area contributed by atoms with Crippen molar-refractivity contribution in [1.82, 2.24) is 0 Å². The monoisotopic (exact) mass is 202 g/mol. The molecule has 0 amide bonds. The molecule has 0 heterocycles. The minimum Gasteiger partial charge on any atom is -0.508 e. The van der Waals surface area contributed by atoms with Crippen LogP contribution in [0.5, 0.6) is 5.75 Å². The van der Waals surface area contributed by atoms with E-state index in [1.165, 1.54) is 24.3 Å². The first kappa shape index (κ1) is 9.52. The van der Waals surface area contributed by atoms with Gasteiger partial charge in [0.25, 0.3) is 0 Å². The third-order valence-electron chi connectivity index (χ3n) is 2.06. The Balaban J connectivity index is 2.04. The normalized spacial score (nSPS) is 14.4. The zero-order chi connectivity index (χ0) is 10.7. The van der Waals surface area contributed by atoms with Gasteiger partial charge in [0.1, 0.15) is 11.9 Å².